The maximum atomic E-state index is 13.6. The van der Waals surface area contributed by atoms with Crippen LogP contribution in [-0.2, 0) is 6.54 Å². The molecular weight excluding hydrogens is 265 g/mol. The molecule has 0 unspecified atom stereocenters. The number of aromatic carboxylic acids is 1. The van der Waals surface area contributed by atoms with E-state index in [0.717, 1.165) is 6.07 Å². The van der Waals surface area contributed by atoms with Crippen molar-refractivity contribution in [1.29, 1.82) is 0 Å². The van der Waals surface area contributed by atoms with Gasteiger partial charge in [0.15, 0.2) is 0 Å². The van der Waals surface area contributed by atoms with Gasteiger partial charge in [-0.1, -0.05) is 0 Å². The Labute approximate surface area is 114 Å². The number of aromatic hydroxyl groups is 1. The van der Waals surface area contributed by atoms with Gasteiger partial charge in [-0.15, -0.1) is 0 Å². The largest absolute Gasteiger partial charge is 0.507 e. The van der Waals surface area contributed by atoms with Crippen molar-refractivity contribution in [2.24, 2.45) is 0 Å². The summed E-state index contributed by atoms with van der Waals surface area (Å²) in [6, 6.07) is 3.61. The normalized spacial score (nSPS) is 11.0. The fourth-order valence-corrected chi connectivity index (χ4v) is 1.88. The molecule has 0 radical (unpaired) electrons. The predicted octanol–water partition coefficient (Wildman–Crippen LogP) is 1.68. The monoisotopic (exact) mass is 279 g/mol. The summed E-state index contributed by atoms with van der Waals surface area (Å²) in [5, 5.41) is 25.1. The Bertz CT molecular complexity index is 652. The second-order valence-corrected chi connectivity index (χ2v) is 4.67. The van der Waals surface area contributed by atoms with Crippen LogP contribution in [0.1, 0.15) is 16.1 Å². The molecule has 0 spiro atoms. The minimum absolute atomic E-state index is 0.108. The van der Waals surface area contributed by atoms with Crippen molar-refractivity contribution >= 4 is 5.97 Å². The van der Waals surface area contributed by atoms with E-state index >= 15 is 0 Å². The van der Waals surface area contributed by atoms with Crippen molar-refractivity contribution in [2.45, 2.75) is 6.54 Å². The Morgan fingerprint density at radius 3 is 2.65 bits per heavy atom. The quantitative estimate of drug-likeness (QED) is 0.792. The van der Waals surface area contributed by atoms with Crippen LogP contribution in [0.5, 0.6) is 5.75 Å². The molecule has 7 heteroatoms. The molecule has 0 bridgehead atoms. The highest BCUT2D eigenvalue weighted by Crippen LogP contribution is 2.33. The summed E-state index contributed by atoms with van der Waals surface area (Å²) < 4.78 is 13.6. The minimum atomic E-state index is -1.17. The summed E-state index contributed by atoms with van der Waals surface area (Å²) in [7, 11) is 3.59. The summed E-state index contributed by atoms with van der Waals surface area (Å²) in [6.45, 7) is 0.354. The number of carboxylic acids is 1. The number of rotatable bonds is 4. The molecule has 20 heavy (non-hydrogen) atoms. The second kappa shape index (κ2) is 5.30. The van der Waals surface area contributed by atoms with Gasteiger partial charge in [-0.3, -0.25) is 5.10 Å². The summed E-state index contributed by atoms with van der Waals surface area (Å²) in [6.07, 6.45) is 0. The molecule has 1 aromatic heterocycles. The third-order valence-electron chi connectivity index (χ3n) is 2.72. The zero-order valence-corrected chi connectivity index (χ0v) is 11.0. The van der Waals surface area contributed by atoms with Crippen LogP contribution in [-0.4, -0.2) is 45.4 Å². The average Bonchev–Trinajstić information content (AvgIpc) is 2.82. The lowest BCUT2D eigenvalue weighted by Crippen LogP contribution is -2.11. The lowest BCUT2D eigenvalue weighted by Gasteiger charge is -2.13. The third kappa shape index (κ3) is 2.77. The molecule has 0 aliphatic rings. The molecule has 0 saturated carbocycles. The molecule has 0 fully saturated rings. The van der Waals surface area contributed by atoms with Crippen LogP contribution in [0.25, 0.3) is 11.3 Å². The van der Waals surface area contributed by atoms with Crippen molar-refractivity contribution in [3.05, 3.63) is 35.3 Å². The number of nitrogens with one attached hydrogen (secondary N) is 1. The number of hydrogen-bond acceptors (Lipinski definition) is 4. The molecule has 0 aliphatic carbocycles. The van der Waals surface area contributed by atoms with Gasteiger partial charge < -0.3 is 15.1 Å². The van der Waals surface area contributed by atoms with E-state index in [9.17, 15) is 14.3 Å². The highest BCUT2D eigenvalue weighted by molar-refractivity contribution is 5.87. The molecule has 2 aromatic rings. The van der Waals surface area contributed by atoms with Gasteiger partial charge >= 0.3 is 5.97 Å². The molecule has 0 amide bonds. The van der Waals surface area contributed by atoms with Gasteiger partial charge in [0.05, 0.1) is 5.69 Å². The molecule has 2 rings (SSSR count). The number of benzene rings is 1. The van der Waals surface area contributed by atoms with E-state index in [0.29, 0.717) is 12.1 Å². The zero-order valence-electron chi connectivity index (χ0n) is 11.0. The number of halogens is 1. The second-order valence-electron chi connectivity index (χ2n) is 4.67. The van der Waals surface area contributed by atoms with Crippen molar-refractivity contribution < 1.29 is 19.4 Å². The highest BCUT2D eigenvalue weighted by atomic mass is 19.1. The Morgan fingerprint density at radius 1 is 1.40 bits per heavy atom. The first kappa shape index (κ1) is 14.0. The molecular formula is C13H14FN3O3. The molecule has 0 aliphatic heterocycles. The molecule has 3 N–H and O–H groups in total. The number of aromatic amines is 1. The number of H-pyrrole nitrogens is 1. The first-order valence-electron chi connectivity index (χ1n) is 5.83. The summed E-state index contributed by atoms with van der Waals surface area (Å²) in [5.41, 5.74) is 0.618. The lowest BCUT2D eigenvalue weighted by atomic mass is 10.0. The number of aromatic nitrogens is 2. The molecule has 1 heterocycles. The predicted molar refractivity (Wildman–Crippen MR) is 70.0 cm³/mol. The van der Waals surface area contributed by atoms with Crippen LogP contribution >= 0.6 is 0 Å². The topological polar surface area (TPSA) is 89.5 Å². The Morgan fingerprint density at radius 2 is 2.10 bits per heavy atom. The summed E-state index contributed by atoms with van der Waals surface area (Å²) in [5.74, 6) is -1.80. The van der Waals surface area contributed by atoms with Gasteiger partial charge in [-0.05, 0) is 32.3 Å². The summed E-state index contributed by atoms with van der Waals surface area (Å²) >= 11 is 0. The maximum Gasteiger partial charge on any atom is 0.353 e. The van der Waals surface area contributed by atoms with Gasteiger partial charge in [0, 0.05) is 17.7 Å². The number of hydrogen-bond donors (Lipinski definition) is 3. The van der Waals surface area contributed by atoms with Crippen molar-refractivity contribution in [3.63, 3.8) is 0 Å². The minimum Gasteiger partial charge on any atom is -0.507 e. The number of phenolic OH excluding ortho intramolecular Hbond substituents is 1. The zero-order chi connectivity index (χ0) is 14.9. The Kier molecular flexibility index (Phi) is 3.71. The maximum absolute atomic E-state index is 13.6. The van der Waals surface area contributed by atoms with Crippen LogP contribution in [0.2, 0.25) is 0 Å². The van der Waals surface area contributed by atoms with E-state index in [4.69, 9.17) is 5.11 Å². The highest BCUT2D eigenvalue weighted by Gasteiger charge is 2.16. The summed E-state index contributed by atoms with van der Waals surface area (Å²) in [4.78, 5) is 12.6. The molecule has 1 aromatic carbocycles. The fraction of sp³-hybridized carbons (Fsp3) is 0.231. The Balaban J connectivity index is 2.49. The number of carbonyl (C=O) groups is 1. The first-order chi connectivity index (χ1) is 9.38. The van der Waals surface area contributed by atoms with Crippen LogP contribution in [0.15, 0.2) is 18.2 Å². The third-order valence-corrected chi connectivity index (χ3v) is 2.72. The van der Waals surface area contributed by atoms with Crippen LogP contribution < -0.4 is 0 Å². The first-order valence-corrected chi connectivity index (χ1v) is 5.83. The number of phenols is 1. The van der Waals surface area contributed by atoms with E-state index in [1.54, 1.807) is 19.0 Å². The molecule has 0 saturated heterocycles. The van der Waals surface area contributed by atoms with E-state index in [2.05, 4.69) is 10.2 Å². The Hall–Kier alpha value is -2.41. The fourth-order valence-electron chi connectivity index (χ4n) is 1.88. The number of carboxylic acid groups (broad SMARTS) is 1. The smallest absolute Gasteiger partial charge is 0.353 e. The molecule has 6 nitrogen and oxygen atoms in total. The van der Waals surface area contributed by atoms with Crippen molar-refractivity contribution in [3.8, 4) is 17.0 Å². The lowest BCUT2D eigenvalue weighted by molar-refractivity contribution is 0.0690. The SMILES string of the molecule is CN(C)Cc1cc(F)cc(-c2cc(C(=O)O)[nH]n2)c1O. The van der Waals surface area contributed by atoms with E-state index in [-0.39, 0.29) is 22.7 Å². The van der Waals surface area contributed by atoms with Crippen molar-refractivity contribution in [1.82, 2.24) is 15.1 Å². The van der Waals surface area contributed by atoms with Gasteiger partial charge in [-0.2, -0.15) is 5.10 Å². The molecule has 106 valence electrons. The van der Waals surface area contributed by atoms with Gasteiger partial charge in [0.1, 0.15) is 17.3 Å². The van der Waals surface area contributed by atoms with E-state index in [1.807, 2.05) is 0 Å². The van der Waals surface area contributed by atoms with E-state index in [1.165, 1.54) is 12.1 Å². The van der Waals surface area contributed by atoms with Crippen LogP contribution in [0.3, 0.4) is 0 Å². The van der Waals surface area contributed by atoms with Gasteiger partial charge in [0.25, 0.3) is 0 Å². The van der Waals surface area contributed by atoms with Gasteiger partial charge in [-0.25, -0.2) is 9.18 Å². The van der Waals surface area contributed by atoms with Crippen LogP contribution in [0.4, 0.5) is 4.39 Å². The van der Waals surface area contributed by atoms with Crippen LogP contribution in [0, 0.1) is 5.82 Å². The van der Waals surface area contributed by atoms with E-state index < -0.39 is 11.8 Å². The average molecular weight is 279 g/mol. The standard InChI is InChI=1S/C13H14FN3O3/c1-17(2)6-7-3-8(14)4-9(12(7)18)10-5-11(13(19)20)16-15-10/h3-5,18H,6H2,1-2H3,(H,15,16)(H,19,20). The van der Waals surface area contributed by atoms with Gasteiger partial charge in [0.2, 0.25) is 0 Å². The number of nitrogens with zero attached hydrogens (tertiary/aromatic N) is 2. The molecule has 0 atom stereocenters. The van der Waals surface area contributed by atoms with Crippen molar-refractivity contribution in [2.75, 3.05) is 14.1 Å².